The highest BCUT2D eigenvalue weighted by molar-refractivity contribution is 7.98. The molecule has 2 aromatic carbocycles. The second-order valence-corrected chi connectivity index (χ2v) is 9.77. The molecular weight excluding hydrogens is 424 g/mol. The van der Waals surface area contributed by atoms with Crippen molar-refractivity contribution >= 4 is 33.1 Å². The van der Waals surface area contributed by atoms with Crippen molar-refractivity contribution < 1.29 is 8.42 Å². The van der Waals surface area contributed by atoms with Gasteiger partial charge in [0.15, 0.2) is 5.16 Å². The van der Waals surface area contributed by atoms with Crippen molar-refractivity contribution in [3.8, 4) is 5.69 Å². The maximum atomic E-state index is 11.9. The van der Waals surface area contributed by atoms with Crippen LogP contribution in [-0.4, -0.2) is 23.2 Å². The predicted octanol–water partition coefficient (Wildman–Crippen LogP) is 3.86. The fraction of sp³-hybridized carbons (Fsp3) is 0.100. The minimum atomic E-state index is -3.78. The number of para-hydroxylation sites is 1. The Labute approximate surface area is 177 Å². The smallest absolute Gasteiger partial charge is 0.238 e. The zero-order chi connectivity index (χ0) is 20.3. The average molecular weight is 443 g/mol. The molecule has 4 aromatic rings. The summed E-state index contributed by atoms with van der Waals surface area (Å²) < 4.78 is 25.8. The van der Waals surface area contributed by atoms with Gasteiger partial charge < -0.3 is 0 Å². The first-order valence-electron chi connectivity index (χ1n) is 8.78. The van der Waals surface area contributed by atoms with Gasteiger partial charge in [0.05, 0.1) is 4.90 Å². The van der Waals surface area contributed by atoms with Gasteiger partial charge in [0.2, 0.25) is 10.0 Å². The number of rotatable bonds is 7. The fourth-order valence-electron chi connectivity index (χ4n) is 2.96. The van der Waals surface area contributed by atoms with E-state index < -0.39 is 10.0 Å². The largest absolute Gasteiger partial charge is 0.274 e. The van der Waals surface area contributed by atoms with Gasteiger partial charge in [-0.15, -0.1) is 21.5 Å². The topological polar surface area (TPSA) is 90.9 Å². The van der Waals surface area contributed by atoms with E-state index in [1.54, 1.807) is 29.5 Å². The van der Waals surface area contributed by atoms with Gasteiger partial charge >= 0.3 is 0 Å². The molecule has 0 amide bonds. The van der Waals surface area contributed by atoms with Gasteiger partial charge in [-0.2, -0.15) is 0 Å². The fourth-order valence-corrected chi connectivity index (χ4v) is 5.50. The van der Waals surface area contributed by atoms with Crippen LogP contribution in [-0.2, 0) is 22.2 Å². The third-order valence-corrected chi connectivity index (χ3v) is 7.13. The molecule has 0 saturated carbocycles. The molecule has 29 heavy (non-hydrogen) atoms. The van der Waals surface area contributed by atoms with Crippen molar-refractivity contribution in [2.24, 2.45) is 5.14 Å². The van der Waals surface area contributed by atoms with Crippen LogP contribution in [0.3, 0.4) is 0 Å². The molecule has 0 radical (unpaired) electrons. The lowest BCUT2D eigenvalue weighted by Crippen LogP contribution is -2.14. The summed E-state index contributed by atoms with van der Waals surface area (Å²) in [7, 11) is -3.78. The molecule has 0 aliphatic heterocycles. The van der Waals surface area contributed by atoms with Gasteiger partial charge in [0.25, 0.3) is 0 Å². The number of hydrogen-bond acceptors (Lipinski definition) is 6. The van der Waals surface area contributed by atoms with E-state index in [0.717, 1.165) is 11.5 Å². The van der Waals surface area contributed by atoms with Crippen LogP contribution in [0.15, 0.2) is 82.2 Å². The number of benzene rings is 2. The van der Waals surface area contributed by atoms with E-state index in [2.05, 4.69) is 16.3 Å². The minimum absolute atomic E-state index is 0.136. The number of thiophene rings is 1. The first kappa shape index (κ1) is 19.8. The third kappa shape index (κ3) is 4.59. The van der Waals surface area contributed by atoms with E-state index in [0.29, 0.717) is 22.9 Å². The van der Waals surface area contributed by atoms with Gasteiger partial charge in [-0.05, 0) is 35.2 Å². The predicted molar refractivity (Wildman–Crippen MR) is 116 cm³/mol. The van der Waals surface area contributed by atoms with Crippen LogP contribution in [0.25, 0.3) is 5.69 Å². The second kappa shape index (κ2) is 8.50. The van der Waals surface area contributed by atoms with Crippen LogP contribution < -0.4 is 5.14 Å². The number of sulfonamides is 1. The van der Waals surface area contributed by atoms with E-state index in [1.165, 1.54) is 22.7 Å². The van der Waals surface area contributed by atoms with Crippen molar-refractivity contribution in [3.63, 3.8) is 0 Å². The summed E-state index contributed by atoms with van der Waals surface area (Å²) >= 11 is 3.11. The van der Waals surface area contributed by atoms with Crippen LogP contribution in [0.5, 0.6) is 0 Å². The summed E-state index contributed by atoms with van der Waals surface area (Å²) in [5.74, 6) is 1.25. The van der Waals surface area contributed by atoms with Gasteiger partial charge in [-0.25, -0.2) is 13.6 Å². The summed E-state index contributed by atoms with van der Waals surface area (Å²) in [5, 5.41) is 16.9. The second-order valence-electron chi connectivity index (χ2n) is 6.27. The highest BCUT2D eigenvalue weighted by atomic mass is 32.2. The molecule has 148 valence electrons. The molecule has 0 unspecified atom stereocenters. The Morgan fingerprint density at radius 1 is 0.966 bits per heavy atom. The summed E-state index contributed by atoms with van der Waals surface area (Å²) in [4.78, 5) is 1.34. The Morgan fingerprint density at radius 2 is 1.72 bits per heavy atom. The van der Waals surface area contributed by atoms with E-state index in [4.69, 9.17) is 5.14 Å². The molecule has 0 spiro atoms. The summed E-state index contributed by atoms with van der Waals surface area (Å²) in [6.07, 6.45) is 0.674. The zero-order valence-corrected chi connectivity index (χ0v) is 17.8. The number of nitrogens with zero attached hydrogens (tertiary/aromatic N) is 3. The molecule has 2 aromatic heterocycles. The molecule has 0 bridgehead atoms. The van der Waals surface area contributed by atoms with Crippen molar-refractivity contribution in [2.45, 2.75) is 22.2 Å². The number of aromatic nitrogens is 3. The first-order valence-corrected chi connectivity index (χ1v) is 12.2. The monoisotopic (exact) mass is 442 g/mol. The van der Waals surface area contributed by atoms with Crippen molar-refractivity contribution in [1.82, 2.24) is 14.8 Å². The molecule has 9 heteroatoms. The molecule has 0 atom stereocenters. The molecule has 0 aliphatic rings. The normalized spacial score (nSPS) is 11.6. The van der Waals surface area contributed by atoms with Crippen LogP contribution >= 0.6 is 23.1 Å². The Bertz CT molecular complexity index is 1200. The Morgan fingerprint density at radius 3 is 2.45 bits per heavy atom. The van der Waals surface area contributed by atoms with Crippen molar-refractivity contribution in [2.75, 3.05) is 0 Å². The average Bonchev–Trinajstić information content (AvgIpc) is 3.37. The Hall–Kier alpha value is -2.46. The van der Waals surface area contributed by atoms with Gasteiger partial charge in [-0.3, -0.25) is 4.57 Å². The molecular formula is C20H18N4O2S3. The lowest BCUT2D eigenvalue weighted by molar-refractivity contribution is 0.597. The zero-order valence-electron chi connectivity index (χ0n) is 15.3. The van der Waals surface area contributed by atoms with Gasteiger partial charge in [-0.1, -0.05) is 54.2 Å². The molecule has 0 aliphatic carbocycles. The molecule has 0 fully saturated rings. The molecule has 0 saturated heterocycles. The van der Waals surface area contributed by atoms with E-state index in [9.17, 15) is 8.42 Å². The molecule has 2 heterocycles. The Balaban J connectivity index is 1.67. The van der Waals surface area contributed by atoms with Crippen LogP contribution in [0.1, 0.15) is 16.3 Å². The van der Waals surface area contributed by atoms with Crippen LogP contribution in [0.4, 0.5) is 0 Å². The lowest BCUT2D eigenvalue weighted by atomic mass is 10.2. The lowest BCUT2D eigenvalue weighted by Gasteiger charge is -2.11. The maximum absolute atomic E-state index is 11.9. The number of primary sulfonamides is 1. The van der Waals surface area contributed by atoms with Gasteiger partial charge in [0, 0.05) is 22.7 Å². The molecule has 4 rings (SSSR count). The van der Waals surface area contributed by atoms with Crippen molar-refractivity contribution in [3.05, 3.63) is 88.4 Å². The molecule has 6 nitrogen and oxygen atoms in total. The summed E-state index contributed by atoms with van der Waals surface area (Å²) in [6.45, 7) is 0. The van der Waals surface area contributed by atoms with Crippen LogP contribution in [0.2, 0.25) is 0 Å². The summed E-state index contributed by atoms with van der Waals surface area (Å²) in [5.41, 5.74) is 1.61. The van der Waals surface area contributed by atoms with E-state index in [1.807, 2.05) is 46.3 Å². The van der Waals surface area contributed by atoms with E-state index >= 15 is 0 Å². The standard InChI is InChI=1S/C20H18N4O2S3/c21-29(25,26)18-11-5-4-7-15(18)14-28-20-23-22-19(13-17-10-6-12-27-17)24(20)16-8-2-1-3-9-16/h1-12H,13-14H2,(H2,21,25,26). The quantitative estimate of drug-likeness (QED) is 0.439. The third-order valence-electron chi connectivity index (χ3n) is 4.26. The SMILES string of the molecule is NS(=O)(=O)c1ccccc1CSc1nnc(Cc2cccs2)n1-c1ccccc1. The summed E-state index contributed by atoms with van der Waals surface area (Å²) in [6, 6.07) is 20.7. The minimum Gasteiger partial charge on any atom is -0.274 e. The molecule has 2 N–H and O–H groups in total. The van der Waals surface area contributed by atoms with E-state index in [-0.39, 0.29) is 4.90 Å². The Kier molecular flexibility index (Phi) is 5.81. The number of thioether (sulfide) groups is 1. The number of hydrogen-bond donors (Lipinski definition) is 1. The van der Waals surface area contributed by atoms with Gasteiger partial charge in [0.1, 0.15) is 5.82 Å². The first-order chi connectivity index (χ1) is 14.0. The number of nitrogens with two attached hydrogens (primary N) is 1. The van der Waals surface area contributed by atoms with Crippen LogP contribution in [0, 0.1) is 0 Å². The highest BCUT2D eigenvalue weighted by Crippen LogP contribution is 2.28. The maximum Gasteiger partial charge on any atom is 0.238 e. The highest BCUT2D eigenvalue weighted by Gasteiger charge is 2.18. The van der Waals surface area contributed by atoms with Crippen molar-refractivity contribution in [1.29, 1.82) is 0 Å².